The number of nitrogens with one attached hydrogen (secondary N) is 1. The minimum absolute atomic E-state index is 0.111. The number of para-hydroxylation sites is 1. The number of thiazole rings is 1. The number of carbonyl (C=O) groups is 2. The van der Waals surface area contributed by atoms with Crippen LogP contribution in [0.2, 0.25) is 0 Å². The summed E-state index contributed by atoms with van der Waals surface area (Å²) in [6.07, 6.45) is 0. The van der Waals surface area contributed by atoms with Crippen LogP contribution < -0.4 is 5.32 Å². The molecule has 4 rings (SSSR count). The van der Waals surface area contributed by atoms with Gasteiger partial charge in [-0.15, -0.1) is 11.3 Å². The van der Waals surface area contributed by atoms with Crippen LogP contribution in [0.3, 0.4) is 0 Å². The van der Waals surface area contributed by atoms with Crippen molar-refractivity contribution in [1.82, 2.24) is 9.88 Å². The van der Waals surface area contributed by atoms with E-state index < -0.39 is 5.97 Å². The lowest BCUT2D eigenvalue weighted by molar-refractivity contribution is -0.136. The van der Waals surface area contributed by atoms with E-state index in [2.05, 4.69) is 16.4 Å². The number of fused-ring (bicyclic) bond motifs is 1. The predicted octanol–water partition coefficient (Wildman–Crippen LogP) is 3.12. The fourth-order valence-electron chi connectivity index (χ4n) is 3.10. The molecule has 2 heterocycles. The number of methoxy groups -OCH3 is 1. The number of esters is 1. The van der Waals surface area contributed by atoms with Gasteiger partial charge in [0, 0.05) is 17.1 Å². The minimum Gasteiger partial charge on any atom is -0.466 e. The van der Waals surface area contributed by atoms with Crippen molar-refractivity contribution < 1.29 is 19.4 Å². The molecule has 2 aromatic carbocycles. The van der Waals surface area contributed by atoms with Crippen molar-refractivity contribution >= 4 is 50.9 Å². The minimum atomic E-state index is -0.561. The Balaban J connectivity index is 1.50. The van der Waals surface area contributed by atoms with Gasteiger partial charge in [0.15, 0.2) is 4.34 Å². The Morgan fingerprint density at radius 3 is 2.73 bits per heavy atom. The number of aromatic nitrogens is 1. The third kappa shape index (κ3) is 4.18. The molecular formula is C21H19N3O4S2. The molecule has 0 saturated heterocycles. The second-order valence-electron chi connectivity index (χ2n) is 6.49. The Morgan fingerprint density at radius 1 is 1.27 bits per heavy atom. The highest BCUT2D eigenvalue weighted by Crippen LogP contribution is 2.35. The molecule has 1 aromatic heterocycles. The van der Waals surface area contributed by atoms with Gasteiger partial charge in [0.05, 0.1) is 36.1 Å². The first-order chi connectivity index (χ1) is 14.6. The Hall–Kier alpha value is -2.88. The number of anilines is 1. The smallest absolute Gasteiger partial charge is 0.337 e. The molecule has 1 aliphatic rings. The second kappa shape index (κ2) is 8.86. The second-order valence-corrected chi connectivity index (χ2v) is 8.85. The van der Waals surface area contributed by atoms with E-state index in [1.807, 2.05) is 42.5 Å². The van der Waals surface area contributed by atoms with E-state index in [9.17, 15) is 9.59 Å². The van der Waals surface area contributed by atoms with Crippen molar-refractivity contribution in [3.05, 3.63) is 59.8 Å². The molecule has 0 spiro atoms. The zero-order valence-electron chi connectivity index (χ0n) is 16.1. The number of aliphatic hydroxyl groups is 1. The summed E-state index contributed by atoms with van der Waals surface area (Å²) in [5.41, 5.74) is 2.10. The quantitative estimate of drug-likeness (QED) is 0.544. The predicted molar refractivity (Wildman–Crippen MR) is 117 cm³/mol. The van der Waals surface area contributed by atoms with Crippen molar-refractivity contribution in [2.24, 2.45) is 0 Å². The van der Waals surface area contributed by atoms with Crippen molar-refractivity contribution in [3.8, 4) is 0 Å². The Kier molecular flexibility index (Phi) is 6.03. The van der Waals surface area contributed by atoms with Gasteiger partial charge >= 0.3 is 5.97 Å². The largest absolute Gasteiger partial charge is 0.466 e. The van der Waals surface area contributed by atoms with Gasteiger partial charge in [0.2, 0.25) is 0 Å². The van der Waals surface area contributed by atoms with E-state index in [-0.39, 0.29) is 36.9 Å². The third-order valence-electron chi connectivity index (χ3n) is 4.56. The van der Waals surface area contributed by atoms with Gasteiger partial charge in [-0.3, -0.25) is 4.79 Å². The van der Waals surface area contributed by atoms with Crippen LogP contribution in [0, 0.1) is 0 Å². The summed E-state index contributed by atoms with van der Waals surface area (Å²) in [6, 6.07) is 15.6. The van der Waals surface area contributed by atoms with Crippen molar-refractivity contribution in [1.29, 1.82) is 0 Å². The van der Waals surface area contributed by atoms with Gasteiger partial charge in [-0.05, 0) is 36.4 Å². The third-order valence-corrected chi connectivity index (χ3v) is 6.66. The monoisotopic (exact) mass is 441 g/mol. The van der Waals surface area contributed by atoms with Crippen molar-refractivity contribution in [2.45, 2.75) is 9.24 Å². The lowest BCUT2D eigenvalue weighted by Gasteiger charge is -2.15. The van der Waals surface area contributed by atoms with E-state index in [0.717, 1.165) is 19.5 Å². The van der Waals surface area contributed by atoms with Crippen LogP contribution in [0.5, 0.6) is 0 Å². The lowest BCUT2D eigenvalue weighted by Crippen LogP contribution is -2.31. The van der Waals surface area contributed by atoms with Crippen LogP contribution in [-0.2, 0) is 14.3 Å². The van der Waals surface area contributed by atoms with Gasteiger partial charge in [0.1, 0.15) is 5.70 Å². The van der Waals surface area contributed by atoms with E-state index in [0.29, 0.717) is 5.69 Å². The molecule has 0 radical (unpaired) electrons. The van der Waals surface area contributed by atoms with Crippen LogP contribution in [0.1, 0.15) is 0 Å². The highest BCUT2D eigenvalue weighted by molar-refractivity contribution is 8.01. The normalized spacial score (nSPS) is 13.9. The van der Waals surface area contributed by atoms with Gasteiger partial charge in [-0.1, -0.05) is 23.9 Å². The summed E-state index contributed by atoms with van der Waals surface area (Å²) in [7, 11) is 1.28. The number of nitrogens with zero attached hydrogens (tertiary/aromatic N) is 2. The van der Waals surface area contributed by atoms with Gasteiger partial charge in [-0.2, -0.15) is 0 Å². The van der Waals surface area contributed by atoms with E-state index in [1.54, 1.807) is 23.1 Å². The van der Waals surface area contributed by atoms with Crippen LogP contribution in [0.4, 0.5) is 5.69 Å². The lowest BCUT2D eigenvalue weighted by atomic mass is 10.2. The number of ether oxygens (including phenoxy) is 1. The van der Waals surface area contributed by atoms with Gasteiger partial charge in [0.25, 0.3) is 5.91 Å². The molecule has 2 N–H and O–H groups in total. The number of amides is 1. The van der Waals surface area contributed by atoms with Crippen LogP contribution in [0.15, 0.2) is 69.0 Å². The first kappa shape index (κ1) is 20.4. The van der Waals surface area contributed by atoms with Crippen LogP contribution >= 0.6 is 23.1 Å². The number of rotatable bonds is 7. The van der Waals surface area contributed by atoms with E-state index in [1.165, 1.54) is 12.0 Å². The summed E-state index contributed by atoms with van der Waals surface area (Å²) < 4.78 is 6.90. The average Bonchev–Trinajstić information content (AvgIpc) is 3.30. The first-order valence-electron chi connectivity index (χ1n) is 9.21. The standard InChI is InChI=1S/C21H19N3O4S2/c1-28-20(27)15-12-24(10-11-25)19(26)18(15)22-13-6-8-14(9-7-13)29-21-23-16-4-2-3-5-17(16)30-21/h2-9,22,25H,10-12H2,1H3. The Labute approximate surface area is 181 Å². The molecular weight excluding hydrogens is 422 g/mol. The Morgan fingerprint density at radius 2 is 2.03 bits per heavy atom. The highest BCUT2D eigenvalue weighted by atomic mass is 32.2. The maximum atomic E-state index is 12.6. The molecule has 0 unspecified atom stereocenters. The number of aliphatic hydroxyl groups excluding tert-OH is 1. The molecule has 1 amide bonds. The zero-order chi connectivity index (χ0) is 21.1. The average molecular weight is 442 g/mol. The molecule has 0 bridgehead atoms. The summed E-state index contributed by atoms with van der Waals surface area (Å²) in [6.45, 7) is 0.0906. The van der Waals surface area contributed by atoms with E-state index in [4.69, 9.17) is 9.84 Å². The van der Waals surface area contributed by atoms with Crippen molar-refractivity contribution in [3.63, 3.8) is 0 Å². The molecule has 0 saturated carbocycles. The van der Waals surface area contributed by atoms with Gasteiger partial charge < -0.3 is 20.1 Å². The number of carbonyl (C=O) groups excluding carboxylic acids is 2. The maximum Gasteiger partial charge on any atom is 0.337 e. The SMILES string of the molecule is COC(=O)C1=C(Nc2ccc(Sc3nc4ccccc4s3)cc2)C(=O)N(CCO)C1. The molecule has 0 aliphatic carbocycles. The van der Waals surface area contributed by atoms with Crippen LogP contribution in [-0.4, -0.2) is 53.7 Å². The van der Waals surface area contributed by atoms with Crippen molar-refractivity contribution in [2.75, 3.05) is 32.1 Å². The topological polar surface area (TPSA) is 91.8 Å². The molecule has 7 nitrogen and oxygen atoms in total. The molecule has 30 heavy (non-hydrogen) atoms. The summed E-state index contributed by atoms with van der Waals surface area (Å²) in [5.74, 6) is -0.897. The summed E-state index contributed by atoms with van der Waals surface area (Å²) in [4.78, 5) is 31.7. The number of β-amino-alcohol motifs (C(OH)–C–C–N with tert-alkyl or cyclic N) is 1. The molecule has 154 valence electrons. The van der Waals surface area contributed by atoms with Crippen LogP contribution in [0.25, 0.3) is 10.2 Å². The first-order valence-corrected chi connectivity index (χ1v) is 10.8. The summed E-state index contributed by atoms with van der Waals surface area (Å²) >= 11 is 3.21. The molecule has 1 aliphatic heterocycles. The summed E-state index contributed by atoms with van der Waals surface area (Å²) in [5, 5.41) is 12.2. The zero-order valence-corrected chi connectivity index (χ0v) is 17.8. The van der Waals surface area contributed by atoms with Gasteiger partial charge in [-0.25, -0.2) is 9.78 Å². The molecule has 9 heteroatoms. The highest BCUT2D eigenvalue weighted by Gasteiger charge is 2.34. The number of hydrogen-bond donors (Lipinski definition) is 2. The molecule has 0 fully saturated rings. The van der Waals surface area contributed by atoms with E-state index >= 15 is 0 Å². The molecule has 0 atom stereocenters. The Bertz CT molecular complexity index is 1090. The fourth-order valence-corrected chi connectivity index (χ4v) is 5.13. The number of hydrogen-bond acceptors (Lipinski definition) is 8. The maximum absolute atomic E-state index is 12.6. The fraction of sp³-hybridized carbons (Fsp3) is 0.190. The number of benzene rings is 2. The molecule has 3 aromatic rings.